The maximum absolute atomic E-state index is 13.2. The Labute approximate surface area is 172 Å². The number of fused-ring (bicyclic) bond motifs is 1. The van der Waals surface area contributed by atoms with E-state index < -0.39 is 10.0 Å². The van der Waals surface area contributed by atoms with E-state index in [-0.39, 0.29) is 23.2 Å². The molecule has 3 rings (SSSR count). The van der Waals surface area contributed by atoms with E-state index >= 15 is 0 Å². The van der Waals surface area contributed by atoms with Crippen LogP contribution in [0.1, 0.15) is 35.2 Å². The summed E-state index contributed by atoms with van der Waals surface area (Å²) < 4.78 is 27.9. The van der Waals surface area contributed by atoms with Gasteiger partial charge in [0.1, 0.15) is 0 Å². The van der Waals surface area contributed by atoms with Gasteiger partial charge in [-0.1, -0.05) is 24.3 Å². The second-order valence-electron chi connectivity index (χ2n) is 6.59. The van der Waals surface area contributed by atoms with Crippen molar-refractivity contribution >= 4 is 34.0 Å². The number of rotatable bonds is 7. The lowest BCUT2D eigenvalue weighted by molar-refractivity contribution is 0.0953. The number of unbranched alkanes of at least 4 members (excludes halogenated alkanes) is 1. The molecule has 1 aliphatic heterocycles. The van der Waals surface area contributed by atoms with Crippen molar-refractivity contribution in [3.05, 3.63) is 59.7 Å². The predicted molar refractivity (Wildman–Crippen MR) is 114 cm³/mol. The molecule has 0 bridgehead atoms. The van der Waals surface area contributed by atoms with Gasteiger partial charge >= 0.3 is 0 Å². The second-order valence-corrected chi connectivity index (χ2v) is 8.45. The summed E-state index contributed by atoms with van der Waals surface area (Å²) in [5, 5.41) is 2.80. The number of carbonyl (C=O) groups is 1. The first-order valence-electron chi connectivity index (χ1n) is 9.23. The molecule has 0 unspecified atom stereocenters. The molecule has 0 saturated heterocycles. The van der Waals surface area contributed by atoms with E-state index in [4.69, 9.17) is 5.73 Å². The number of aryl methyl sites for hydroxylation is 1. The third-order valence-corrected chi connectivity index (χ3v) is 6.48. The number of anilines is 1. The highest BCUT2D eigenvalue weighted by molar-refractivity contribution is 7.92. The largest absolute Gasteiger partial charge is 0.352 e. The minimum Gasteiger partial charge on any atom is -0.352 e. The normalized spacial score (nSPS) is 13.4. The van der Waals surface area contributed by atoms with E-state index in [1.807, 2.05) is 24.3 Å². The molecule has 2 aromatic carbocycles. The molecule has 0 spiro atoms. The first-order chi connectivity index (χ1) is 13.0. The summed E-state index contributed by atoms with van der Waals surface area (Å²) in [6.07, 6.45) is 3.28. The third kappa shape index (κ3) is 4.84. The number of amides is 1. The number of nitrogens with one attached hydrogen (secondary N) is 1. The number of hydrogen-bond acceptors (Lipinski definition) is 4. The van der Waals surface area contributed by atoms with Crippen LogP contribution in [0, 0.1) is 0 Å². The molecule has 0 radical (unpaired) electrons. The Balaban J connectivity index is 0.00000280. The number of carbonyl (C=O) groups excluding carboxylic acids is 1. The monoisotopic (exact) mass is 423 g/mol. The Bertz CT molecular complexity index is 918. The fourth-order valence-electron chi connectivity index (χ4n) is 3.25. The smallest absolute Gasteiger partial charge is 0.264 e. The van der Waals surface area contributed by atoms with Crippen LogP contribution in [0.2, 0.25) is 0 Å². The van der Waals surface area contributed by atoms with Gasteiger partial charge in [0.15, 0.2) is 0 Å². The highest BCUT2D eigenvalue weighted by Gasteiger charge is 2.29. The van der Waals surface area contributed by atoms with Gasteiger partial charge < -0.3 is 11.1 Å². The second kappa shape index (κ2) is 9.91. The van der Waals surface area contributed by atoms with E-state index in [0.717, 1.165) is 36.9 Å². The molecular weight excluding hydrogens is 398 g/mol. The quantitative estimate of drug-likeness (QED) is 0.669. The zero-order valence-electron chi connectivity index (χ0n) is 15.6. The van der Waals surface area contributed by atoms with Crippen molar-refractivity contribution in [1.29, 1.82) is 0 Å². The molecule has 1 aliphatic rings. The zero-order chi connectivity index (χ0) is 19.3. The Morgan fingerprint density at radius 3 is 2.68 bits per heavy atom. The van der Waals surface area contributed by atoms with Crippen LogP contribution in [-0.4, -0.2) is 34.0 Å². The van der Waals surface area contributed by atoms with Crippen LogP contribution in [0.5, 0.6) is 0 Å². The molecule has 6 nitrogen and oxygen atoms in total. The Morgan fingerprint density at radius 1 is 1.11 bits per heavy atom. The molecule has 1 amide bonds. The molecule has 0 aromatic heterocycles. The number of nitrogens with zero attached hydrogens (tertiary/aromatic N) is 1. The van der Waals surface area contributed by atoms with Gasteiger partial charge in [-0.3, -0.25) is 9.10 Å². The first-order valence-corrected chi connectivity index (χ1v) is 10.7. The highest BCUT2D eigenvalue weighted by atomic mass is 35.5. The molecular formula is C20H26ClN3O3S. The van der Waals surface area contributed by atoms with Crippen molar-refractivity contribution in [2.45, 2.75) is 30.6 Å². The molecule has 0 saturated carbocycles. The van der Waals surface area contributed by atoms with Crippen LogP contribution in [0.15, 0.2) is 53.4 Å². The maximum atomic E-state index is 13.2. The fraction of sp³-hybridized carbons (Fsp3) is 0.350. The Morgan fingerprint density at radius 2 is 1.89 bits per heavy atom. The number of benzene rings is 2. The Hall–Kier alpha value is -2.09. The minimum atomic E-state index is -3.72. The van der Waals surface area contributed by atoms with Crippen molar-refractivity contribution in [1.82, 2.24) is 5.32 Å². The SMILES string of the molecule is Cl.NCCCCNC(=O)c1cccc(S(=O)(=O)N2CCCc3ccccc32)c1. The van der Waals surface area contributed by atoms with Crippen molar-refractivity contribution in [2.75, 3.05) is 23.9 Å². The molecule has 0 fully saturated rings. The van der Waals surface area contributed by atoms with E-state index in [1.165, 1.54) is 16.4 Å². The van der Waals surface area contributed by atoms with Crippen LogP contribution in [0.25, 0.3) is 0 Å². The number of para-hydroxylation sites is 1. The molecule has 1 heterocycles. The lowest BCUT2D eigenvalue weighted by Gasteiger charge is -2.30. The van der Waals surface area contributed by atoms with Gasteiger partial charge in [-0.2, -0.15) is 0 Å². The fourth-order valence-corrected chi connectivity index (χ4v) is 4.83. The van der Waals surface area contributed by atoms with Crippen molar-refractivity contribution < 1.29 is 13.2 Å². The lowest BCUT2D eigenvalue weighted by atomic mass is 10.0. The van der Waals surface area contributed by atoms with E-state index in [9.17, 15) is 13.2 Å². The van der Waals surface area contributed by atoms with E-state index in [2.05, 4.69) is 5.32 Å². The average Bonchev–Trinajstić information content (AvgIpc) is 2.70. The van der Waals surface area contributed by atoms with Gasteiger partial charge in [0.25, 0.3) is 15.9 Å². The summed E-state index contributed by atoms with van der Waals surface area (Å²) >= 11 is 0. The van der Waals surface area contributed by atoms with Gasteiger partial charge in [-0.15, -0.1) is 12.4 Å². The molecule has 0 aliphatic carbocycles. The number of hydrogen-bond donors (Lipinski definition) is 2. The minimum absolute atomic E-state index is 0. The van der Waals surface area contributed by atoms with Crippen molar-refractivity contribution in [2.24, 2.45) is 5.73 Å². The average molecular weight is 424 g/mol. The molecule has 152 valence electrons. The highest BCUT2D eigenvalue weighted by Crippen LogP contribution is 2.31. The third-order valence-electron chi connectivity index (χ3n) is 4.67. The van der Waals surface area contributed by atoms with Crippen LogP contribution in [-0.2, 0) is 16.4 Å². The standard InChI is InChI=1S/C20H25N3O3S.ClH/c21-12-3-4-13-22-20(24)17-8-5-10-18(15-17)27(25,26)23-14-6-9-16-7-1-2-11-19(16)23;/h1-2,5,7-8,10-11,15H,3-4,6,9,12-14,21H2,(H,22,24);1H. The summed E-state index contributed by atoms with van der Waals surface area (Å²) in [5.41, 5.74) is 7.54. The zero-order valence-corrected chi connectivity index (χ0v) is 17.3. The number of nitrogens with two attached hydrogens (primary N) is 1. The van der Waals surface area contributed by atoms with Crippen LogP contribution in [0.3, 0.4) is 0 Å². The van der Waals surface area contributed by atoms with Gasteiger partial charge in [0, 0.05) is 18.7 Å². The topological polar surface area (TPSA) is 92.5 Å². The Kier molecular flexibility index (Phi) is 7.86. The molecule has 28 heavy (non-hydrogen) atoms. The van der Waals surface area contributed by atoms with Gasteiger partial charge in [-0.05, 0) is 62.1 Å². The summed E-state index contributed by atoms with van der Waals surface area (Å²) in [6.45, 7) is 1.54. The van der Waals surface area contributed by atoms with Gasteiger partial charge in [0.2, 0.25) is 0 Å². The van der Waals surface area contributed by atoms with Crippen LogP contribution < -0.4 is 15.4 Å². The molecule has 2 aromatic rings. The molecule has 8 heteroatoms. The summed E-state index contributed by atoms with van der Waals surface area (Å²) in [7, 11) is -3.72. The van der Waals surface area contributed by atoms with Crippen molar-refractivity contribution in [3.8, 4) is 0 Å². The van der Waals surface area contributed by atoms with E-state index in [0.29, 0.717) is 25.2 Å². The lowest BCUT2D eigenvalue weighted by Crippen LogP contribution is -2.35. The number of halogens is 1. The predicted octanol–water partition coefficient (Wildman–Crippen LogP) is 2.72. The molecule has 0 atom stereocenters. The van der Waals surface area contributed by atoms with E-state index in [1.54, 1.807) is 12.1 Å². The molecule has 3 N–H and O–H groups in total. The van der Waals surface area contributed by atoms with Gasteiger partial charge in [0.05, 0.1) is 10.6 Å². The van der Waals surface area contributed by atoms with Crippen LogP contribution in [0.4, 0.5) is 5.69 Å². The first kappa shape index (κ1) is 22.2. The summed E-state index contributed by atoms with van der Waals surface area (Å²) in [5.74, 6) is -0.275. The van der Waals surface area contributed by atoms with Gasteiger partial charge in [-0.25, -0.2) is 8.42 Å². The maximum Gasteiger partial charge on any atom is 0.264 e. The summed E-state index contributed by atoms with van der Waals surface area (Å²) in [6, 6.07) is 13.8. The summed E-state index contributed by atoms with van der Waals surface area (Å²) in [4.78, 5) is 12.4. The number of sulfonamides is 1. The van der Waals surface area contributed by atoms with Crippen molar-refractivity contribution in [3.63, 3.8) is 0 Å². The van der Waals surface area contributed by atoms with Crippen LogP contribution >= 0.6 is 12.4 Å².